The van der Waals surface area contributed by atoms with Gasteiger partial charge in [0, 0.05) is 33.0 Å². The number of imidazole rings is 2. The van der Waals surface area contributed by atoms with Crippen molar-refractivity contribution >= 4 is 29.9 Å². The summed E-state index contributed by atoms with van der Waals surface area (Å²) in [6.45, 7) is 6.68. The summed E-state index contributed by atoms with van der Waals surface area (Å²) in [4.78, 5) is 82.2. The van der Waals surface area contributed by atoms with Gasteiger partial charge in [0.15, 0.2) is 0 Å². The summed E-state index contributed by atoms with van der Waals surface area (Å²) in [5.41, 5.74) is 7.27. The third-order valence-electron chi connectivity index (χ3n) is 11.6. The van der Waals surface area contributed by atoms with E-state index >= 15 is 0 Å². The Morgan fingerprint density at radius 1 is 0.726 bits per heavy atom. The predicted octanol–water partition coefficient (Wildman–Crippen LogP) is 6.36. The van der Waals surface area contributed by atoms with Crippen molar-refractivity contribution in [2.45, 2.75) is 83.6 Å². The molecule has 62 heavy (non-hydrogen) atoms. The summed E-state index contributed by atoms with van der Waals surface area (Å²) in [6.07, 6.45) is 4.87. The van der Waals surface area contributed by atoms with Crippen molar-refractivity contribution in [1.29, 1.82) is 0 Å². The van der Waals surface area contributed by atoms with E-state index in [0.29, 0.717) is 37.7 Å². The Labute approximate surface area is 359 Å². The molecule has 2 saturated heterocycles. The van der Waals surface area contributed by atoms with E-state index in [-0.39, 0.29) is 42.1 Å². The molecule has 5 amide bonds. The normalized spacial score (nSPS) is 17.1. The van der Waals surface area contributed by atoms with E-state index in [9.17, 15) is 29.1 Å². The Hall–Kier alpha value is -6.97. The van der Waals surface area contributed by atoms with Crippen molar-refractivity contribution in [3.8, 4) is 33.6 Å². The fourth-order valence-electron chi connectivity index (χ4n) is 8.30. The van der Waals surface area contributed by atoms with Crippen molar-refractivity contribution in [1.82, 2.24) is 45.7 Å². The van der Waals surface area contributed by atoms with Crippen LogP contribution in [0.3, 0.4) is 0 Å². The number of ether oxygens (including phenoxy) is 1. The molecule has 16 nitrogen and oxygen atoms in total. The lowest BCUT2D eigenvalue weighted by Crippen LogP contribution is -2.51. The minimum absolute atomic E-state index is 0.118. The highest BCUT2D eigenvalue weighted by atomic mass is 16.5. The third-order valence-corrected chi connectivity index (χ3v) is 11.6. The van der Waals surface area contributed by atoms with Crippen LogP contribution in [-0.2, 0) is 32.1 Å². The third kappa shape index (κ3) is 9.96. The topological polar surface area (TPSA) is 215 Å². The number of rotatable bonds is 14. The Morgan fingerprint density at radius 2 is 1.21 bits per heavy atom. The van der Waals surface area contributed by atoms with E-state index in [1.807, 2.05) is 74.5 Å². The molecule has 16 heteroatoms. The molecule has 0 radical (unpaired) electrons. The average Bonchev–Trinajstić information content (AvgIpc) is 4.12. The Bertz CT molecular complexity index is 2370. The van der Waals surface area contributed by atoms with Gasteiger partial charge in [-0.1, -0.05) is 86.6 Å². The van der Waals surface area contributed by atoms with Crippen LogP contribution in [0.25, 0.3) is 33.6 Å². The van der Waals surface area contributed by atoms with E-state index in [1.54, 1.807) is 22.2 Å². The lowest BCUT2D eigenvalue weighted by atomic mass is 10.0. The molecule has 3 aromatic carbocycles. The van der Waals surface area contributed by atoms with E-state index in [4.69, 9.17) is 4.74 Å². The first kappa shape index (κ1) is 43.1. The van der Waals surface area contributed by atoms with Crippen LogP contribution in [0.5, 0.6) is 0 Å². The minimum atomic E-state index is -1.27. The van der Waals surface area contributed by atoms with Gasteiger partial charge in [-0.25, -0.2) is 19.6 Å². The molecule has 0 bridgehead atoms. The molecule has 324 valence electrons. The summed E-state index contributed by atoms with van der Waals surface area (Å²) in [6, 6.07) is 21.5. The molecule has 2 aliphatic rings. The first-order chi connectivity index (χ1) is 29.9. The number of H-pyrrole nitrogens is 2. The van der Waals surface area contributed by atoms with Crippen molar-refractivity contribution in [3.05, 3.63) is 108 Å². The number of hydrogen-bond acceptors (Lipinski definition) is 8. The average molecular weight is 844 g/mol. The molecule has 0 aliphatic carbocycles. The molecule has 4 atom stereocenters. The lowest BCUT2D eigenvalue weighted by Gasteiger charge is -2.30. The van der Waals surface area contributed by atoms with Crippen LogP contribution in [0, 0.1) is 5.92 Å². The molecule has 2 aliphatic heterocycles. The van der Waals surface area contributed by atoms with Gasteiger partial charge < -0.3 is 45.6 Å². The van der Waals surface area contributed by atoms with Gasteiger partial charge >= 0.3 is 12.2 Å². The zero-order valence-corrected chi connectivity index (χ0v) is 35.3. The minimum Gasteiger partial charge on any atom is -0.465 e. The number of carbonyl (C=O) groups excluding carboxylic acids is 4. The maximum Gasteiger partial charge on any atom is 0.407 e. The standard InChI is InChI=1S/C46H53N9O7/c1-27(2)40(53-46(61)62-4)44(58)55-22-6-8-39(55)42-49-26-37(51-42)34-19-15-32(16-20-34)31-13-17-33(18-14-31)36-25-48-41(50-36)38-7-5-21-54(38)43(57)35(52-45(59)60)23-29-9-11-30(12-10-29)24-47-28(3)56/h9-20,25-27,35,38-40,52H,5-8,21-24H2,1-4H3,(H,47,56)(H,48,50)(H,49,51)(H,53,61)(H,59,60)/t35-,38-,39-,40-/m0/s1. The molecule has 5 aromatic rings. The number of carbonyl (C=O) groups is 5. The van der Waals surface area contributed by atoms with Gasteiger partial charge in [0.05, 0.1) is 43.0 Å². The maximum atomic E-state index is 13.9. The van der Waals surface area contributed by atoms with Crippen molar-refractivity contribution in [3.63, 3.8) is 0 Å². The number of alkyl carbamates (subject to hydrolysis) is 1. The molecule has 2 fully saturated rings. The van der Waals surface area contributed by atoms with Gasteiger partial charge in [-0.2, -0.15) is 0 Å². The number of nitrogens with one attached hydrogen (secondary N) is 5. The lowest BCUT2D eigenvalue weighted by molar-refractivity contribution is -0.135. The number of amides is 5. The number of likely N-dealkylation sites (tertiary alicyclic amines) is 2. The molecule has 0 saturated carbocycles. The van der Waals surface area contributed by atoms with Crippen LogP contribution in [-0.4, -0.2) is 97.0 Å². The van der Waals surface area contributed by atoms with Gasteiger partial charge in [0.2, 0.25) is 17.7 Å². The quantitative estimate of drug-likeness (QED) is 0.0733. The fourth-order valence-corrected chi connectivity index (χ4v) is 8.30. The zero-order chi connectivity index (χ0) is 43.9. The van der Waals surface area contributed by atoms with E-state index in [1.165, 1.54) is 14.0 Å². The zero-order valence-electron chi connectivity index (χ0n) is 35.3. The van der Waals surface area contributed by atoms with Gasteiger partial charge in [0.1, 0.15) is 23.7 Å². The van der Waals surface area contributed by atoms with E-state index < -0.39 is 24.3 Å². The number of aromatic amines is 2. The monoisotopic (exact) mass is 843 g/mol. The summed E-state index contributed by atoms with van der Waals surface area (Å²) in [5.74, 6) is 0.641. The highest BCUT2D eigenvalue weighted by molar-refractivity contribution is 5.87. The first-order valence-electron chi connectivity index (χ1n) is 21.0. The molecular formula is C46H53N9O7. The highest BCUT2D eigenvalue weighted by Gasteiger charge is 2.38. The Balaban J connectivity index is 0.984. The number of benzene rings is 3. The molecular weight excluding hydrogens is 791 g/mol. The molecule has 0 spiro atoms. The van der Waals surface area contributed by atoms with Crippen molar-refractivity contribution in [2.24, 2.45) is 5.92 Å². The maximum absolute atomic E-state index is 13.9. The molecule has 6 N–H and O–H groups in total. The van der Waals surface area contributed by atoms with Crippen LogP contribution < -0.4 is 16.0 Å². The summed E-state index contributed by atoms with van der Waals surface area (Å²) in [5, 5.41) is 17.5. The van der Waals surface area contributed by atoms with E-state index in [0.717, 1.165) is 64.0 Å². The first-order valence-corrected chi connectivity index (χ1v) is 21.0. The van der Waals surface area contributed by atoms with Crippen LogP contribution in [0.1, 0.15) is 81.3 Å². The smallest absolute Gasteiger partial charge is 0.407 e. The number of methoxy groups -OCH3 is 1. The van der Waals surface area contributed by atoms with Crippen molar-refractivity contribution < 1.29 is 33.8 Å². The van der Waals surface area contributed by atoms with Crippen molar-refractivity contribution in [2.75, 3.05) is 20.2 Å². The van der Waals surface area contributed by atoms with Gasteiger partial charge in [0.25, 0.3) is 0 Å². The van der Waals surface area contributed by atoms with Crippen LogP contribution in [0.15, 0.2) is 85.2 Å². The highest BCUT2D eigenvalue weighted by Crippen LogP contribution is 2.35. The molecule has 4 heterocycles. The number of carboxylic acid groups (broad SMARTS) is 1. The Kier molecular flexibility index (Phi) is 13.3. The summed E-state index contributed by atoms with van der Waals surface area (Å²) >= 11 is 0. The Morgan fingerprint density at radius 3 is 1.68 bits per heavy atom. The largest absolute Gasteiger partial charge is 0.465 e. The second-order valence-electron chi connectivity index (χ2n) is 16.2. The van der Waals surface area contributed by atoms with Crippen LogP contribution in [0.2, 0.25) is 0 Å². The van der Waals surface area contributed by atoms with Crippen LogP contribution in [0.4, 0.5) is 9.59 Å². The number of hydrogen-bond donors (Lipinski definition) is 6. The summed E-state index contributed by atoms with van der Waals surface area (Å²) in [7, 11) is 1.28. The predicted molar refractivity (Wildman–Crippen MR) is 231 cm³/mol. The van der Waals surface area contributed by atoms with E-state index in [2.05, 4.69) is 48.0 Å². The van der Waals surface area contributed by atoms with Gasteiger partial charge in [-0.05, 0) is 65.0 Å². The fraction of sp³-hybridized carbons (Fsp3) is 0.370. The van der Waals surface area contributed by atoms with Gasteiger partial charge in [-0.3, -0.25) is 14.4 Å². The molecule has 7 rings (SSSR count). The molecule has 0 unspecified atom stereocenters. The summed E-state index contributed by atoms with van der Waals surface area (Å²) < 4.78 is 4.76. The molecule has 2 aromatic heterocycles. The number of aromatic nitrogens is 4. The second-order valence-corrected chi connectivity index (χ2v) is 16.2. The van der Waals surface area contributed by atoms with Gasteiger partial charge in [-0.15, -0.1) is 0 Å². The number of nitrogens with zero attached hydrogens (tertiary/aromatic N) is 4. The second kappa shape index (κ2) is 19.2. The SMILES string of the molecule is COC(=O)N[C@H](C(=O)N1CCC[C@H]1c1ncc(-c2ccc(-c3ccc(-c4cnc([C@@H]5CCCN5C(=O)[C@H](Cc5ccc(CNC(C)=O)cc5)NC(=O)O)[nH]4)cc3)cc2)[nH]1)C(C)C. The van der Waals surface area contributed by atoms with Crippen LogP contribution >= 0.6 is 0 Å².